The number of rotatable bonds is 4. The van der Waals surface area contributed by atoms with Gasteiger partial charge in [0.25, 0.3) is 5.91 Å². The third-order valence-corrected chi connectivity index (χ3v) is 6.48. The van der Waals surface area contributed by atoms with E-state index in [9.17, 15) is 4.79 Å². The molecule has 3 heterocycles. The summed E-state index contributed by atoms with van der Waals surface area (Å²) in [5, 5.41) is 8.83. The maximum atomic E-state index is 13.1. The highest BCUT2D eigenvalue weighted by atomic mass is 35.5. The lowest BCUT2D eigenvalue weighted by Crippen LogP contribution is -2.48. The van der Waals surface area contributed by atoms with Gasteiger partial charge in [-0.25, -0.2) is 9.67 Å². The predicted molar refractivity (Wildman–Crippen MR) is 111 cm³/mol. The molecule has 0 spiro atoms. The SMILES string of the molecule is CN(C(=O)c1nc(C2CC2)n(-c2ccccc2Cl)n1)C1CC2CCC(C1)N2.Cl. The number of amides is 1. The van der Waals surface area contributed by atoms with Crippen LogP contribution in [0.3, 0.4) is 0 Å². The monoisotopic (exact) mass is 421 g/mol. The number of halogens is 2. The van der Waals surface area contributed by atoms with Crippen LogP contribution in [0.25, 0.3) is 5.69 Å². The smallest absolute Gasteiger partial charge is 0.293 e. The number of benzene rings is 1. The van der Waals surface area contributed by atoms with Crippen molar-refractivity contribution in [2.45, 2.75) is 62.6 Å². The van der Waals surface area contributed by atoms with Gasteiger partial charge in [-0.1, -0.05) is 23.7 Å². The minimum absolute atomic E-state index is 0. The molecular formula is C20H25Cl2N5O. The molecule has 1 saturated carbocycles. The number of carbonyl (C=O) groups is 1. The van der Waals surface area contributed by atoms with Gasteiger partial charge in [0.15, 0.2) is 0 Å². The summed E-state index contributed by atoms with van der Waals surface area (Å²) in [4.78, 5) is 19.6. The number of nitrogens with zero attached hydrogens (tertiary/aromatic N) is 4. The molecule has 6 nitrogen and oxygen atoms in total. The Morgan fingerprint density at radius 2 is 1.86 bits per heavy atom. The molecule has 1 aromatic carbocycles. The maximum Gasteiger partial charge on any atom is 0.293 e. The molecule has 1 N–H and O–H groups in total. The van der Waals surface area contributed by atoms with Crippen LogP contribution in [0.1, 0.15) is 60.9 Å². The molecule has 2 aliphatic heterocycles. The van der Waals surface area contributed by atoms with E-state index in [4.69, 9.17) is 11.6 Å². The van der Waals surface area contributed by atoms with Crippen LogP contribution in [0, 0.1) is 0 Å². The fraction of sp³-hybridized carbons (Fsp3) is 0.550. The minimum atomic E-state index is -0.0889. The summed E-state index contributed by atoms with van der Waals surface area (Å²) in [7, 11) is 1.89. The Kier molecular flexibility index (Phi) is 5.38. The van der Waals surface area contributed by atoms with Crippen molar-refractivity contribution >= 4 is 29.9 Å². The van der Waals surface area contributed by atoms with Crippen LogP contribution in [0.2, 0.25) is 5.02 Å². The molecule has 150 valence electrons. The van der Waals surface area contributed by atoms with E-state index in [0.717, 1.165) is 37.2 Å². The van der Waals surface area contributed by atoms with Crippen molar-refractivity contribution in [1.29, 1.82) is 0 Å². The summed E-state index contributed by atoms with van der Waals surface area (Å²) in [5.74, 6) is 1.42. The Labute approximate surface area is 176 Å². The van der Waals surface area contributed by atoms with Crippen molar-refractivity contribution < 1.29 is 4.79 Å². The van der Waals surface area contributed by atoms with Crippen LogP contribution in [0.15, 0.2) is 24.3 Å². The Bertz CT molecular complexity index is 869. The zero-order chi connectivity index (χ0) is 18.5. The number of hydrogen-bond acceptors (Lipinski definition) is 4. The lowest BCUT2D eigenvalue weighted by molar-refractivity contribution is 0.0669. The van der Waals surface area contributed by atoms with Crippen LogP contribution in [-0.4, -0.2) is 50.7 Å². The highest BCUT2D eigenvalue weighted by molar-refractivity contribution is 6.32. The maximum absolute atomic E-state index is 13.1. The number of fused-ring (bicyclic) bond motifs is 2. The number of nitrogens with one attached hydrogen (secondary N) is 1. The molecule has 1 amide bonds. The summed E-state index contributed by atoms with van der Waals surface area (Å²) in [6.45, 7) is 0. The summed E-state index contributed by atoms with van der Waals surface area (Å²) in [5.41, 5.74) is 0.787. The Balaban J connectivity index is 0.00000192. The predicted octanol–water partition coefficient (Wildman–Crippen LogP) is 3.57. The molecular weight excluding hydrogens is 397 g/mol. The lowest BCUT2D eigenvalue weighted by Gasteiger charge is -2.35. The summed E-state index contributed by atoms with van der Waals surface area (Å²) < 4.78 is 1.77. The van der Waals surface area contributed by atoms with Crippen molar-refractivity contribution in [3.05, 3.63) is 40.9 Å². The van der Waals surface area contributed by atoms with Crippen LogP contribution in [0.5, 0.6) is 0 Å². The van der Waals surface area contributed by atoms with Gasteiger partial charge >= 0.3 is 0 Å². The third kappa shape index (κ3) is 3.53. The Morgan fingerprint density at radius 3 is 2.50 bits per heavy atom. The van der Waals surface area contributed by atoms with Crippen molar-refractivity contribution in [2.24, 2.45) is 0 Å². The van der Waals surface area contributed by atoms with Crippen LogP contribution in [0.4, 0.5) is 0 Å². The molecule has 1 aliphatic carbocycles. The summed E-state index contributed by atoms with van der Waals surface area (Å²) >= 11 is 6.38. The topological polar surface area (TPSA) is 63.1 Å². The molecule has 2 bridgehead atoms. The molecule has 2 aromatic rings. The Hall–Kier alpha value is -1.63. The molecule has 3 aliphatic rings. The normalized spacial score (nSPS) is 26.0. The fourth-order valence-corrected chi connectivity index (χ4v) is 4.70. The van der Waals surface area contributed by atoms with E-state index < -0.39 is 0 Å². The first kappa shape index (κ1) is 19.7. The average molecular weight is 422 g/mol. The molecule has 2 atom stereocenters. The Morgan fingerprint density at radius 1 is 1.18 bits per heavy atom. The first-order valence-electron chi connectivity index (χ1n) is 9.85. The van der Waals surface area contributed by atoms with Gasteiger partial charge in [0, 0.05) is 31.1 Å². The van der Waals surface area contributed by atoms with Gasteiger partial charge in [-0.3, -0.25) is 4.79 Å². The minimum Gasteiger partial charge on any atom is -0.336 e. The quantitative estimate of drug-likeness (QED) is 0.819. The second kappa shape index (κ2) is 7.65. The molecule has 28 heavy (non-hydrogen) atoms. The van der Waals surface area contributed by atoms with Gasteiger partial charge in [0.1, 0.15) is 5.82 Å². The number of aromatic nitrogens is 3. The second-order valence-corrected chi connectivity index (χ2v) is 8.52. The zero-order valence-electron chi connectivity index (χ0n) is 15.8. The molecule has 0 radical (unpaired) electrons. The fourth-order valence-electron chi connectivity index (χ4n) is 4.49. The largest absolute Gasteiger partial charge is 0.336 e. The van der Waals surface area contributed by atoms with E-state index in [2.05, 4.69) is 15.4 Å². The van der Waals surface area contributed by atoms with Crippen LogP contribution in [-0.2, 0) is 0 Å². The molecule has 8 heteroatoms. The van der Waals surface area contributed by atoms with Crippen LogP contribution < -0.4 is 5.32 Å². The number of hydrogen-bond donors (Lipinski definition) is 1. The third-order valence-electron chi connectivity index (χ3n) is 6.16. The van der Waals surface area contributed by atoms with Gasteiger partial charge in [0.2, 0.25) is 5.82 Å². The molecule has 5 rings (SSSR count). The van der Waals surface area contributed by atoms with Gasteiger partial charge in [-0.15, -0.1) is 17.5 Å². The summed E-state index contributed by atoms with van der Waals surface area (Å²) in [6.07, 6.45) is 6.64. The van der Waals surface area contributed by atoms with Gasteiger partial charge in [-0.2, -0.15) is 0 Å². The number of para-hydroxylation sites is 1. The summed E-state index contributed by atoms with van der Waals surface area (Å²) in [6, 6.07) is 8.93. The average Bonchev–Trinajstić information content (AvgIpc) is 3.35. The number of carbonyl (C=O) groups excluding carboxylic acids is 1. The van der Waals surface area contributed by atoms with Crippen molar-refractivity contribution in [3.8, 4) is 5.69 Å². The second-order valence-electron chi connectivity index (χ2n) is 8.11. The van der Waals surface area contributed by atoms with Crippen molar-refractivity contribution in [3.63, 3.8) is 0 Å². The van der Waals surface area contributed by atoms with E-state index in [1.165, 1.54) is 12.8 Å². The van der Waals surface area contributed by atoms with Crippen molar-refractivity contribution in [2.75, 3.05) is 7.05 Å². The molecule has 3 fully saturated rings. The van der Waals surface area contributed by atoms with E-state index in [0.29, 0.717) is 23.0 Å². The highest BCUT2D eigenvalue weighted by Crippen LogP contribution is 2.40. The van der Waals surface area contributed by atoms with Crippen molar-refractivity contribution in [1.82, 2.24) is 25.0 Å². The van der Waals surface area contributed by atoms with Gasteiger partial charge < -0.3 is 10.2 Å². The van der Waals surface area contributed by atoms with E-state index >= 15 is 0 Å². The first-order chi connectivity index (χ1) is 13.1. The highest BCUT2D eigenvalue weighted by Gasteiger charge is 2.38. The molecule has 1 aromatic heterocycles. The number of piperidine rings is 1. The molecule has 2 saturated heterocycles. The van der Waals surface area contributed by atoms with Gasteiger partial charge in [0.05, 0.1) is 10.7 Å². The standard InChI is InChI=1S/C20H24ClN5O.ClH/c1-25(15-10-13-8-9-14(11-15)22-13)20(27)18-23-19(12-6-7-12)26(24-18)17-5-3-2-4-16(17)21;/h2-5,12-15,22H,6-11H2,1H3;1H. The lowest BCUT2D eigenvalue weighted by atomic mass is 9.98. The van der Waals surface area contributed by atoms with E-state index in [1.807, 2.05) is 36.2 Å². The van der Waals surface area contributed by atoms with Crippen LogP contribution >= 0.6 is 24.0 Å². The van der Waals surface area contributed by atoms with E-state index in [-0.39, 0.29) is 30.2 Å². The zero-order valence-corrected chi connectivity index (χ0v) is 17.4. The first-order valence-corrected chi connectivity index (χ1v) is 10.2. The van der Waals surface area contributed by atoms with Gasteiger partial charge in [-0.05, 0) is 50.7 Å². The molecule has 2 unspecified atom stereocenters. The van der Waals surface area contributed by atoms with E-state index in [1.54, 1.807) is 4.68 Å².